The third-order valence-electron chi connectivity index (χ3n) is 3.00. The van der Waals surface area contributed by atoms with E-state index in [1.54, 1.807) is 18.2 Å². The van der Waals surface area contributed by atoms with E-state index in [-0.39, 0.29) is 6.04 Å². The zero-order valence-electron chi connectivity index (χ0n) is 11.3. The Hall–Kier alpha value is -1.17. The molecule has 0 saturated heterocycles. The average molecular weight is 354 g/mol. The SMILES string of the molecule is Cc1cccc(S(=O)(=O)NC(C)c2ccc(Br)cc2)c1. The maximum absolute atomic E-state index is 12.3. The lowest BCUT2D eigenvalue weighted by molar-refractivity contribution is 0.567. The first-order chi connectivity index (χ1) is 9.38. The summed E-state index contributed by atoms with van der Waals surface area (Å²) in [6.07, 6.45) is 0. The molecule has 0 saturated carbocycles. The number of hydrogen-bond donors (Lipinski definition) is 1. The molecular formula is C15H16BrNO2S. The molecule has 1 N–H and O–H groups in total. The third kappa shape index (κ3) is 3.69. The molecule has 106 valence electrons. The number of aryl methyl sites for hydroxylation is 1. The lowest BCUT2D eigenvalue weighted by Gasteiger charge is -2.15. The number of rotatable bonds is 4. The topological polar surface area (TPSA) is 46.2 Å². The van der Waals surface area contributed by atoms with Gasteiger partial charge in [0, 0.05) is 10.5 Å². The van der Waals surface area contributed by atoms with E-state index in [1.165, 1.54) is 0 Å². The van der Waals surface area contributed by atoms with E-state index in [4.69, 9.17) is 0 Å². The van der Waals surface area contributed by atoms with Gasteiger partial charge in [0.05, 0.1) is 4.90 Å². The first kappa shape index (κ1) is 15.2. The van der Waals surface area contributed by atoms with Gasteiger partial charge >= 0.3 is 0 Å². The van der Waals surface area contributed by atoms with Crippen molar-refractivity contribution in [3.05, 3.63) is 64.1 Å². The monoisotopic (exact) mass is 353 g/mol. The maximum Gasteiger partial charge on any atom is 0.241 e. The van der Waals surface area contributed by atoms with Gasteiger partial charge in [0.15, 0.2) is 0 Å². The summed E-state index contributed by atoms with van der Waals surface area (Å²) < 4.78 is 28.3. The molecule has 0 bridgehead atoms. The molecule has 0 fully saturated rings. The van der Waals surface area contributed by atoms with Crippen LogP contribution in [0.5, 0.6) is 0 Å². The normalized spacial score (nSPS) is 13.2. The van der Waals surface area contributed by atoms with Crippen molar-refractivity contribution in [3.8, 4) is 0 Å². The molecule has 2 rings (SSSR count). The largest absolute Gasteiger partial charge is 0.241 e. The van der Waals surface area contributed by atoms with Crippen LogP contribution in [0.1, 0.15) is 24.1 Å². The van der Waals surface area contributed by atoms with Crippen molar-refractivity contribution in [2.75, 3.05) is 0 Å². The molecule has 0 aliphatic rings. The van der Waals surface area contributed by atoms with Gasteiger partial charge in [0.1, 0.15) is 0 Å². The summed E-state index contributed by atoms with van der Waals surface area (Å²) in [7, 11) is -3.50. The van der Waals surface area contributed by atoms with Crippen LogP contribution in [0.4, 0.5) is 0 Å². The number of nitrogens with one attached hydrogen (secondary N) is 1. The van der Waals surface area contributed by atoms with Gasteiger partial charge in [0.25, 0.3) is 0 Å². The standard InChI is InChI=1S/C15H16BrNO2S/c1-11-4-3-5-15(10-11)20(18,19)17-12(2)13-6-8-14(16)9-7-13/h3-10,12,17H,1-2H3. The highest BCUT2D eigenvalue weighted by molar-refractivity contribution is 9.10. The summed E-state index contributed by atoms with van der Waals surface area (Å²) in [6.45, 7) is 3.70. The number of hydrogen-bond acceptors (Lipinski definition) is 2. The summed E-state index contributed by atoms with van der Waals surface area (Å²) >= 11 is 3.36. The fourth-order valence-electron chi connectivity index (χ4n) is 1.90. The van der Waals surface area contributed by atoms with Crippen molar-refractivity contribution in [3.63, 3.8) is 0 Å². The number of sulfonamides is 1. The summed E-state index contributed by atoms with van der Waals surface area (Å²) in [5.74, 6) is 0. The molecule has 0 amide bonds. The first-order valence-electron chi connectivity index (χ1n) is 6.23. The van der Waals surface area contributed by atoms with Crippen molar-refractivity contribution >= 4 is 26.0 Å². The second-order valence-corrected chi connectivity index (χ2v) is 7.34. The van der Waals surface area contributed by atoms with E-state index in [2.05, 4.69) is 20.7 Å². The molecule has 5 heteroatoms. The molecule has 0 aliphatic heterocycles. The minimum absolute atomic E-state index is 0.284. The van der Waals surface area contributed by atoms with Crippen LogP contribution in [0.15, 0.2) is 57.9 Å². The fraction of sp³-hybridized carbons (Fsp3) is 0.200. The summed E-state index contributed by atoms with van der Waals surface area (Å²) in [4.78, 5) is 0.293. The van der Waals surface area contributed by atoms with Crippen LogP contribution in [-0.4, -0.2) is 8.42 Å². The Labute approximate surface area is 128 Å². The van der Waals surface area contributed by atoms with Crippen LogP contribution < -0.4 is 4.72 Å². The summed E-state index contributed by atoms with van der Waals surface area (Å²) in [6, 6.07) is 14.2. The maximum atomic E-state index is 12.3. The van der Waals surface area contributed by atoms with Gasteiger partial charge in [-0.15, -0.1) is 0 Å². The lowest BCUT2D eigenvalue weighted by atomic mass is 10.1. The van der Waals surface area contributed by atoms with E-state index in [9.17, 15) is 8.42 Å². The van der Waals surface area contributed by atoms with E-state index < -0.39 is 10.0 Å². The molecule has 1 atom stereocenters. The van der Waals surface area contributed by atoms with Crippen molar-refractivity contribution in [2.24, 2.45) is 0 Å². The molecule has 0 aliphatic carbocycles. The minimum Gasteiger partial charge on any atom is -0.207 e. The van der Waals surface area contributed by atoms with Gasteiger partial charge in [0.2, 0.25) is 10.0 Å². The lowest BCUT2D eigenvalue weighted by Crippen LogP contribution is -2.26. The average Bonchev–Trinajstić information content (AvgIpc) is 2.39. The molecular weight excluding hydrogens is 338 g/mol. The first-order valence-corrected chi connectivity index (χ1v) is 8.50. The van der Waals surface area contributed by atoms with Gasteiger partial charge in [-0.3, -0.25) is 0 Å². The van der Waals surface area contributed by atoms with E-state index in [1.807, 2.05) is 44.2 Å². The Balaban J connectivity index is 2.22. The highest BCUT2D eigenvalue weighted by atomic mass is 79.9. The Morgan fingerprint density at radius 3 is 2.35 bits per heavy atom. The summed E-state index contributed by atoms with van der Waals surface area (Å²) in [5.41, 5.74) is 1.84. The van der Waals surface area contributed by atoms with Crippen molar-refractivity contribution < 1.29 is 8.42 Å². The Morgan fingerprint density at radius 2 is 1.75 bits per heavy atom. The van der Waals surface area contributed by atoms with Crippen LogP contribution >= 0.6 is 15.9 Å². The van der Waals surface area contributed by atoms with Crippen molar-refractivity contribution in [1.82, 2.24) is 4.72 Å². The van der Waals surface area contributed by atoms with Crippen LogP contribution in [0.3, 0.4) is 0 Å². The van der Waals surface area contributed by atoms with Gasteiger partial charge in [-0.05, 0) is 49.2 Å². The molecule has 20 heavy (non-hydrogen) atoms. The predicted molar refractivity (Wildman–Crippen MR) is 84.1 cm³/mol. The number of benzene rings is 2. The van der Waals surface area contributed by atoms with Crippen molar-refractivity contribution in [2.45, 2.75) is 24.8 Å². The molecule has 1 unspecified atom stereocenters. The van der Waals surface area contributed by atoms with E-state index >= 15 is 0 Å². The summed E-state index contributed by atoms with van der Waals surface area (Å²) in [5, 5.41) is 0. The van der Waals surface area contributed by atoms with Gasteiger partial charge in [-0.1, -0.05) is 40.2 Å². The molecule has 2 aromatic carbocycles. The molecule has 0 spiro atoms. The fourth-order valence-corrected chi connectivity index (χ4v) is 3.50. The van der Waals surface area contributed by atoms with Gasteiger partial charge < -0.3 is 0 Å². The highest BCUT2D eigenvalue weighted by Crippen LogP contribution is 2.19. The third-order valence-corrected chi connectivity index (χ3v) is 5.07. The quantitative estimate of drug-likeness (QED) is 0.908. The van der Waals surface area contributed by atoms with Crippen molar-refractivity contribution in [1.29, 1.82) is 0 Å². The predicted octanol–water partition coefficient (Wildman–Crippen LogP) is 3.80. The van der Waals surface area contributed by atoms with E-state index in [0.717, 1.165) is 15.6 Å². The smallest absolute Gasteiger partial charge is 0.207 e. The number of halogens is 1. The van der Waals surface area contributed by atoms with Gasteiger partial charge in [-0.25, -0.2) is 13.1 Å². The molecule has 0 heterocycles. The second-order valence-electron chi connectivity index (χ2n) is 4.71. The molecule has 0 radical (unpaired) electrons. The minimum atomic E-state index is -3.50. The second kappa shape index (κ2) is 6.08. The molecule has 3 nitrogen and oxygen atoms in total. The van der Waals surface area contributed by atoms with Gasteiger partial charge in [-0.2, -0.15) is 0 Å². The van der Waals surface area contributed by atoms with Crippen LogP contribution in [0.25, 0.3) is 0 Å². The Morgan fingerprint density at radius 1 is 1.10 bits per heavy atom. The van der Waals surface area contributed by atoms with Crippen LogP contribution in [0.2, 0.25) is 0 Å². The van der Waals surface area contributed by atoms with Crippen LogP contribution in [0, 0.1) is 6.92 Å². The highest BCUT2D eigenvalue weighted by Gasteiger charge is 2.18. The molecule has 2 aromatic rings. The Kier molecular flexibility index (Phi) is 4.62. The van der Waals surface area contributed by atoms with E-state index in [0.29, 0.717) is 4.90 Å². The zero-order chi connectivity index (χ0) is 14.8. The Bertz CT molecular complexity index is 696. The molecule has 0 aromatic heterocycles. The van der Waals surface area contributed by atoms with Crippen LogP contribution in [-0.2, 0) is 10.0 Å². The zero-order valence-corrected chi connectivity index (χ0v) is 13.7.